The van der Waals surface area contributed by atoms with Crippen molar-refractivity contribution in [1.29, 1.82) is 0 Å². The minimum Gasteiger partial charge on any atom is -0.497 e. The van der Waals surface area contributed by atoms with Gasteiger partial charge in [-0.15, -0.1) is 0 Å². The lowest BCUT2D eigenvalue weighted by Gasteiger charge is -2.27. The largest absolute Gasteiger partial charge is 0.497 e. The van der Waals surface area contributed by atoms with Crippen molar-refractivity contribution >= 4 is 0 Å². The molecule has 0 saturated heterocycles. The quantitative estimate of drug-likeness (QED) is 0.727. The number of likely N-dealkylation sites (N-methyl/N-ethyl adjacent to an activating group) is 1. The van der Waals surface area contributed by atoms with Crippen LogP contribution in [0.4, 0.5) is 0 Å². The van der Waals surface area contributed by atoms with Gasteiger partial charge in [0.1, 0.15) is 5.75 Å². The van der Waals surface area contributed by atoms with E-state index in [1.165, 1.54) is 5.56 Å². The van der Waals surface area contributed by atoms with Crippen LogP contribution in [0, 0.1) is 0 Å². The first-order chi connectivity index (χ1) is 8.21. The first-order valence-electron chi connectivity index (χ1n) is 6.07. The number of benzene rings is 1. The fourth-order valence-electron chi connectivity index (χ4n) is 1.93. The molecule has 0 aliphatic heterocycles. The number of ether oxygens (including phenoxy) is 2. The Morgan fingerprint density at radius 1 is 1.29 bits per heavy atom. The zero-order valence-electron chi connectivity index (χ0n) is 11.3. The maximum Gasteiger partial charge on any atom is 0.119 e. The lowest BCUT2D eigenvalue weighted by atomic mass is 10.1. The maximum atomic E-state index is 5.23. The van der Waals surface area contributed by atoms with Gasteiger partial charge in [-0.2, -0.15) is 0 Å². The third kappa shape index (κ3) is 4.36. The van der Waals surface area contributed by atoms with Gasteiger partial charge in [-0.25, -0.2) is 0 Å². The van der Waals surface area contributed by atoms with Crippen LogP contribution in [0.3, 0.4) is 0 Å². The number of methoxy groups -OCH3 is 2. The minimum atomic E-state index is 0.427. The van der Waals surface area contributed by atoms with Crippen LogP contribution in [0.25, 0.3) is 0 Å². The second-order valence-electron chi connectivity index (χ2n) is 4.22. The summed E-state index contributed by atoms with van der Waals surface area (Å²) >= 11 is 0. The van der Waals surface area contributed by atoms with Crippen LogP contribution in [-0.2, 0) is 11.3 Å². The lowest BCUT2D eigenvalue weighted by Crippen LogP contribution is -2.35. The maximum absolute atomic E-state index is 5.23. The summed E-state index contributed by atoms with van der Waals surface area (Å²) in [6.07, 6.45) is 0. The number of hydrogen-bond donors (Lipinski definition) is 0. The molecule has 3 heteroatoms. The Morgan fingerprint density at radius 2 is 2.06 bits per heavy atom. The SMILES string of the molecule is CCN(Cc1cccc(OC)c1)[C@@H](C)COC. The van der Waals surface area contributed by atoms with Crippen molar-refractivity contribution < 1.29 is 9.47 Å². The Kier molecular flexibility index (Phi) is 6.01. The highest BCUT2D eigenvalue weighted by Crippen LogP contribution is 2.15. The summed E-state index contributed by atoms with van der Waals surface area (Å²) in [5, 5.41) is 0. The van der Waals surface area contributed by atoms with Crippen molar-refractivity contribution in [3.05, 3.63) is 29.8 Å². The van der Waals surface area contributed by atoms with Crippen LogP contribution >= 0.6 is 0 Å². The average Bonchev–Trinajstić information content (AvgIpc) is 2.36. The minimum absolute atomic E-state index is 0.427. The summed E-state index contributed by atoms with van der Waals surface area (Å²) in [5.74, 6) is 0.915. The molecule has 17 heavy (non-hydrogen) atoms. The molecule has 1 rings (SSSR count). The van der Waals surface area contributed by atoms with Gasteiger partial charge in [0, 0.05) is 19.7 Å². The molecular weight excluding hydrogens is 214 g/mol. The van der Waals surface area contributed by atoms with Crippen molar-refractivity contribution in [2.75, 3.05) is 27.4 Å². The van der Waals surface area contributed by atoms with Gasteiger partial charge in [-0.1, -0.05) is 19.1 Å². The van der Waals surface area contributed by atoms with E-state index in [9.17, 15) is 0 Å². The molecule has 0 aliphatic rings. The summed E-state index contributed by atoms with van der Waals surface area (Å²) in [6.45, 7) is 7.07. The molecule has 0 radical (unpaired) electrons. The molecule has 1 aromatic carbocycles. The molecule has 0 fully saturated rings. The highest BCUT2D eigenvalue weighted by Gasteiger charge is 2.12. The Hall–Kier alpha value is -1.06. The molecular formula is C14H23NO2. The third-order valence-electron chi connectivity index (χ3n) is 2.96. The van der Waals surface area contributed by atoms with E-state index in [0.717, 1.165) is 25.4 Å². The Morgan fingerprint density at radius 3 is 2.65 bits per heavy atom. The standard InChI is InChI=1S/C14H23NO2/c1-5-15(12(2)11-16-3)10-13-7-6-8-14(9-13)17-4/h6-9,12H,5,10-11H2,1-4H3/t12-/m0/s1. The zero-order chi connectivity index (χ0) is 12.7. The predicted molar refractivity (Wildman–Crippen MR) is 70.4 cm³/mol. The van der Waals surface area contributed by atoms with Crippen LogP contribution in [0.2, 0.25) is 0 Å². The number of hydrogen-bond acceptors (Lipinski definition) is 3. The van der Waals surface area contributed by atoms with Crippen molar-refractivity contribution in [3.8, 4) is 5.75 Å². The van der Waals surface area contributed by atoms with Crippen molar-refractivity contribution in [2.45, 2.75) is 26.4 Å². The van der Waals surface area contributed by atoms with E-state index in [0.29, 0.717) is 6.04 Å². The number of nitrogens with zero attached hydrogens (tertiary/aromatic N) is 1. The summed E-state index contributed by atoms with van der Waals surface area (Å²) in [7, 11) is 3.44. The normalized spacial score (nSPS) is 12.8. The molecule has 1 atom stereocenters. The van der Waals surface area contributed by atoms with Gasteiger partial charge in [0.25, 0.3) is 0 Å². The summed E-state index contributed by atoms with van der Waals surface area (Å²) in [5.41, 5.74) is 1.27. The van der Waals surface area contributed by atoms with E-state index in [4.69, 9.17) is 9.47 Å². The predicted octanol–water partition coefficient (Wildman–Crippen LogP) is 2.55. The van der Waals surface area contributed by atoms with Gasteiger partial charge in [0.15, 0.2) is 0 Å². The molecule has 96 valence electrons. The van der Waals surface area contributed by atoms with Gasteiger partial charge in [0.05, 0.1) is 13.7 Å². The second kappa shape index (κ2) is 7.30. The van der Waals surface area contributed by atoms with E-state index in [2.05, 4.69) is 30.9 Å². The monoisotopic (exact) mass is 237 g/mol. The molecule has 1 aromatic rings. The zero-order valence-corrected chi connectivity index (χ0v) is 11.3. The molecule has 0 bridgehead atoms. The first-order valence-corrected chi connectivity index (χ1v) is 6.07. The van der Waals surface area contributed by atoms with Gasteiger partial charge in [0.2, 0.25) is 0 Å². The lowest BCUT2D eigenvalue weighted by molar-refractivity contribution is 0.0981. The first kappa shape index (κ1) is 14.0. The summed E-state index contributed by atoms with van der Waals surface area (Å²) < 4.78 is 10.4. The summed E-state index contributed by atoms with van der Waals surface area (Å²) in [6, 6.07) is 8.64. The average molecular weight is 237 g/mol. The van der Waals surface area contributed by atoms with Crippen molar-refractivity contribution in [2.24, 2.45) is 0 Å². The molecule has 0 saturated carbocycles. The molecule has 0 unspecified atom stereocenters. The fraction of sp³-hybridized carbons (Fsp3) is 0.571. The van der Waals surface area contributed by atoms with Crippen LogP contribution in [0.1, 0.15) is 19.4 Å². The van der Waals surface area contributed by atoms with Gasteiger partial charge >= 0.3 is 0 Å². The Balaban J connectivity index is 2.66. The van der Waals surface area contributed by atoms with E-state index >= 15 is 0 Å². The molecule has 0 aliphatic carbocycles. The molecule has 0 spiro atoms. The van der Waals surface area contributed by atoms with Crippen molar-refractivity contribution in [3.63, 3.8) is 0 Å². The third-order valence-corrected chi connectivity index (χ3v) is 2.96. The molecule has 0 amide bonds. The van der Waals surface area contributed by atoms with Gasteiger partial charge in [-0.3, -0.25) is 4.90 Å². The van der Waals surface area contributed by atoms with Crippen molar-refractivity contribution in [1.82, 2.24) is 4.90 Å². The van der Waals surface area contributed by atoms with Crippen LogP contribution < -0.4 is 4.74 Å². The topological polar surface area (TPSA) is 21.7 Å². The highest BCUT2D eigenvalue weighted by atomic mass is 16.5. The molecule has 3 nitrogen and oxygen atoms in total. The molecule has 0 N–H and O–H groups in total. The molecule has 0 heterocycles. The van der Waals surface area contributed by atoms with Crippen LogP contribution in [0.15, 0.2) is 24.3 Å². The number of rotatable bonds is 7. The van der Waals surface area contributed by atoms with E-state index in [1.807, 2.05) is 12.1 Å². The molecule has 0 aromatic heterocycles. The Bertz CT molecular complexity index is 328. The van der Waals surface area contributed by atoms with E-state index in [-0.39, 0.29) is 0 Å². The highest BCUT2D eigenvalue weighted by molar-refractivity contribution is 5.28. The van der Waals surface area contributed by atoms with Gasteiger partial charge < -0.3 is 9.47 Å². The smallest absolute Gasteiger partial charge is 0.119 e. The van der Waals surface area contributed by atoms with Crippen LogP contribution in [0.5, 0.6) is 5.75 Å². The second-order valence-corrected chi connectivity index (χ2v) is 4.22. The summed E-state index contributed by atoms with van der Waals surface area (Å²) in [4.78, 5) is 2.39. The van der Waals surface area contributed by atoms with E-state index in [1.54, 1.807) is 14.2 Å². The Labute approximate surface area is 104 Å². The fourth-order valence-corrected chi connectivity index (χ4v) is 1.93. The van der Waals surface area contributed by atoms with Crippen LogP contribution in [-0.4, -0.2) is 38.3 Å². The van der Waals surface area contributed by atoms with E-state index < -0.39 is 0 Å². The van der Waals surface area contributed by atoms with Gasteiger partial charge in [-0.05, 0) is 31.2 Å².